The maximum Gasteiger partial charge on any atom is 0.191 e. The minimum absolute atomic E-state index is 0. The Balaban J connectivity index is 0.00000338. The Labute approximate surface area is 172 Å². The summed E-state index contributed by atoms with van der Waals surface area (Å²) in [5.41, 5.74) is 3.56. The van der Waals surface area contributed by atoms with Gasteiger partial charge in [-0.2, -0.15) is 0 Å². The van der Waals surface area contributed by atoms with Gasteiger partial charge in [0.25, 0.3) is 0 Å². The Hall–Kier alpha value is -1.67. The molecule has 0 amide bonds. The summed E-state index contributed by atoms with van der Waals surface area (Å²) in [6.45, 7) is 3.49. The SMILES string of the molecule is CN=C(NCc1ccccc1C)NCC(c1ccc(F)cc1)N(C)C.I. The van der Waals surface area contributed by atoms with Gasteiger partial charge in [-0.05, 0) is 49.8 Å². The summed E-state index contributed by atoms with van der Waals surface area (Å²) < 4.78 is 13.2. The molecule has 1 atom stereocenters. The smallest absolute Gasteiger partial charge is 0.191 e. The van der Waals surface area contributed by atoms with E-state index in [-0.39, 0.29) is 35.8 Å². The molecule has 1 unspecified atom stereocenters. The van der Waals surface area contributed by atoms with E-state index in [2.05, 4.69) is 39.6 Å². The van der Waals surface area contributed by atoms with Crippen molar-refractivity contribution in [2.45, 2.75) is 19.5 Å². The molecule has 4 nitrogen and oxygen atoms in total. The van der Waals surface area contributed by atoms with Crippen LogP contribution in [-0.4, -0.2) is 38.5 Å². The first-order valence-electron chi connectivity index (χ1n) is 8.42. The monoisotopic (exact) mass is 470 g/mol. The van der Waals surface area contributed by atoms with Gasteiger partial charge in [-0.1, -0.05) is 36.4 Å². The molecular formula is C20H28FIN4. The fraction of sp³-hybridized carbons (Fsp3) is 0.350. The summed E-state index contributed by atoms with van der Waals surface area (Å²) in [6, 6.07) is 15.1. The first-order valence-corrected chi connectivity index (χ1v) is 8.42. The Morgan fingerprint density at radius 2 is 1.73 bits per heavy atom. The molecule has 2 N–H and O–H groups in total. The lowest BCUT2D eigenvalue weighted by atomic mass is 10.1. The lowest BCUT2D eigenvalue weighted by molar-refractivity contribution is 0.298. The summed E-state index contributed by atoms with van der Waals surface area (Å²) in [5.74, 6) is 0.530. The topological polar surface area (TPSA) is 39.7 Å². The highest BCUT2D eigenvalue weighted by Crippen LogP contribution is 2.17. The van der Waals surface area contributed by atoms with Crippen molar-refractivity contribution in [3.63, 3.8) is 0 Å². The second-order valence-corrected chi connectivity index (χ2v) is 6.26. The standard InChI is InChI=1S/C20H27FN4.HI/c1-15-7-5-6-8-17(15)13-23-20(22-2)24-14-19(25(3)4)16-9-11-18(21)12-10-16;/h5-12,19H,13-14H2,1-4H3,(H2,22,23,24);1H. The highest BCUT2D eigenvalue weighted by Gasteiger charge is 2.14. The van der Waals surface area contributed by atoms with Gasteiger partial charge < -0.3 is 15.5 Å². The van der Waals surface area contributed by atoms with E-state index in [1.807, 2.05) is 38.4 Å². The summed E-state index contributed by atoms with van der Waals surface area (Å²) >= 11 is 0. The molecule has 6 heteroatoms. The van der Waals surface area contributed by atoms with Gasteiger partial charge >= 0.3 is 0 Å². The third-order valence-electron chi connectivity index (χ3n) is 4.27. The first-order chi connectivity index (χ1) is 12.0. The van der Waals surface area contributed by atoms with Crippen LogP contribution in [0.15, 0.2) is 53.5 Å². The number of likely N-dealkylation sites (N-methyl/N-ethyl adjacent to an activating group) is 1. The van der Waals surface area contributed by atoms with Crippen molar-refractivity contribution in [2.24, 2.45) is 4.99 Å². The van der Waals surface area contributed by atoms with Crippen molar-refractivity contribution in [1.82, 2.24) is 15.5 Å². The summed E-state index contributed by atoms with van der Waals surface area (Å²) in [5, 5.41) is 6.70. The summed E-state index contributed by atoms with van der Waals surface area (Å²) in [7, 11) is 5.79. The quantitative estimate of drug-likeness (QED) is 0.384. The number of hydrogen-bond donors (Lipinski definition) is 2. The van der Waals surface area contributed by atoms with Crippen molar-refractivity contribution in [1.29, 1.82) is 0 Å². The van der Waals surface area contributed by atoms with Gasteiger partial charge in [0.2, 0.25) is 0 Å². The molecule has 26 heavy (non-hydrogen) atoms. The van der Waals surface area contributed by atoms with Crippen LogP contribution >= 0.6 is 24.0 Å². The van der Waals surface area contributed by atoms with E-state index in [1.165, 1.54) is 23.3 Å². The van der Waals surface area contributed by atoms with Gasteiger partial charge in [-0.25, -0.2) is 4.39 Å². The molecule has 2 aromatic carbocycles. The fourth-order valence-electron chi connectivity index (χ4n) is 2.68. The molecule has 0 saturated heterocycles. The number of aliphatic imine (C=N–C) groups is 1. The summed E-state index contributed by atoms with van der Waals surface area (Å²) in [4.78, 5) is 6.39. The molecule has 0 fully saturated rings. The van der Waals surface area contributed by atoms with Gasteiger partial charge in [0.05, 0.1) is 6.04 Å². The van der Waals surface area contributed by atoms with Crippen LogP contribution < -0.4 is 10.6 Å². The highest BCUT2D eigenvalue weighted by atomic mass is 127. The van der Waals surface area contributed by atoms with Crippen molar-refractivity contribution in [2.75, 3.05) is 27.7 Å². The van der Waals surface area contributed by atoms with E-state index >= 15 is 0 Å². The molecule has 0 saturated carbocycles. The number of hydrogen-bond acceptors (Lipinski definition) is 2. The fourth-order valence-corrected chi connectivity index (χ4v) is 2.68. The maximum atomic E-state index is 13.2. The summed E-state index contributed by atoms with van der Waals surface area (Å²) in [6.07, 6.45) is 0. The van der Waals surface area contributed by atoms with Gasteiger partial charge in [-0.3, -0.25) is 4.99 Å². The molecule has 0 aromatic heterocycles. The van der Waals surface area contributed by atoms with E-state index < -0.39 is 0 Å². The predicted molar refractivity (Wildman–Crippen MR) is 118 cm³/mol. The number of benzene rings is 2. The molecule has 0 aliphatic rings. The molecule has 0 aliphatic carbocycles. The van der Waals surface area contributed by atoms with Crippen LogP contribution in [0.25, 0.3) is 0 Å². The lowest BCUT2D eigenvalue weighted by Gasteiger charge is -2.26. The minimum Gasteiger partial charge on any atom is -0.354 e. The Morgan fingerprint density at radius 1 is 1.08 bits per heavy atom. The van der Waals surface area contributed by atoms with Gasteiger partial charge in [0, 0.05) is 20.1 Å². The lowest BCUT2D eigenvalue weighted by Crippen LogP contribution is -2.41. The molecular weight excluding hydrogens is 442 g/mol. The zero-order valence-electron chi connectivity index (χ0n) is 15.8. The van der Waals surface area contributed by atoms with Crippen LogP contribution in [0.5, 0.6) is 0 Å². The minimum atomic E-state index is -0.218. The normalized spacial score (nSPS) is 12.5. The molecule has 2 rings (SSSR count). The van der Waals surface area contributed by atoms with Crippen LogP contribution in [0.2, 0.25) is 0 Å². The van der Waals surface area contributed by atoms with E-state index in [0.717, 1.165) is 18.1 Å². The maximum absolute atomic E-state index is 13.2. The molecule has 0 aliphatic heterocycles. The molecule has 142 valence electrons. The molecule has 0 spiro atoms. The third-order valence-corrected chi connectivity index (χ3v) is 4.27. The number of guanidine groups is 1. The second kappa shape index (κ2) is 11.1. The Bertz CT molecular complexity index is 701. The number of nitrogens with one attached hydrogen (secondary N) is 2. The largest absolute Gasteiger partial charge is 0.354 e. The average Bonchev–Trinajstić information content (AvgIpc) is 2.60. The van der Waals surface area contributed by atoms with E-state index in [9.17, 15) is 4.39 Å². The Morgan fingerprint density at radius 3 is 2.31 bits per heavy atom. The second-order valence-electron chi connectivity index (χ2n) is 6.26. The van der Waals surface area contributed by atoms with Crippen LogP contribution in [0.1, 0.15) is 22.7 Å². The van der Waals surface area contributed by atoms with Crippen molar-refractivity contribution < 1.29 is 4.39 Å². The first kappa shape index (κ1) is 22.4. The highest BCUT2D eigenvalue weighted by molar-refractivity contribution is 14.0. The van der Waals surface area contributed by atoms with Crippen LogP contribution in [0, 0.1) is 12.7 Å². The van der Waals surface area contributed by atoms with Gasteiger partial charge in [-0.15, -0.1) is 24.0 Å². The van der Waals surface area contributed by atoms with E-state index in [4.69, 9.17) is 0 Å². The molecule has 0 heterocycles. The Kier molecular flexibility index (Phi) is 9.58. The van der Waals surface area contributed by atoms with Crippen molar-refractivity contribution in [3.05, 3.63) is 71.0 Å². The van der Waals surface area contributed by atoms with Gasteiger partial charge in [0.15, 0.2) is 5.96 Å². The molecule has 2 aromatic rings. The predicted octanol–water partition coefficient (Wildman–Crippen LogP) is 3.72. The molecule has 0 bridgehead atoms. The molecule has 0 radical (unpaired) electrons. The zero-order chi connectivity index (χ0) is 18.2. The average molecular weight is 470 g/mol. The van der Waals surface area contributed by atoms with Crippen LogP contribution in [0.3, 0.4) is 0 Å². The van der Waals surface area contributed by atoms with Crippen LogP contribution in [0.4, 0.5) is 4.39 Å². The third kappa shape index (κ3) is 6.57. The zero-order valence-corrected chi connectivity index (χ0v) is 18.1. The van der Waals surface area contributed by atoms with E-state index in [1.54, 1.807) is 7.05 Å². The number of halogens is 2. The van der Waals surface area contributed by atoms with Gasteiger partial charge in [0.1, 0.15) is 5.82 Å². The number of nitrogens with zero attached hydrogens (tertiary/aromatic N) is 2. The number of aryl methyl sites for hydroxylation is 1. The van der Waals surface area contributed by atoms with E-state index in [0.29, 0.717) is 6.54 Å². The van der Waals surface area contributed by atoms with Crippen LogP contribution in [-0.2, 0) is 6.54 Å². The van der Waals surface area contributed by atoms with Crippen molar-refractivity contribution >= 4 is 29.9 Å². The number of rotatable bonds is 6. The van der Waals surface area contributed by atoms with Crippen molar-refractivity contribution in [3.8, 4) is 0 Å².